The Hall–Kier alpha value is -5.57. The van der Waals surface area contributed by atoms with Crippen LogP contribution in [-0.4, -0.2) is 95.5 Å². The molecule has 0 spiro atoms. The second-order valence-corrected chi connectivity index (χ2v) is 12.1. The molecule has 244 valence electrons. The van der Waals surface area contributed by atoms with E-state index in [9.17, 15) is 13.6 Å². The molecule has 7 heterocycles. The fraction of sp³-hybridized carbons (Fsp3) is 0.303. The van der Waals surface area contributed by atoms with E-state index in [1.54, 1.807) is 37.5 Å². The molecule has 1 aromatic carbocycles. The van der Waals surface area contributed by atoms with Crippen LogP contribution in [0.3, 0.4) is 0 Å². The minimum atomic E-state index is -0.574. The molecular weight excluding hydrogens is 620 g/mol. The van der Waals surface area contributed by atoms with E-state index in [0.29, 0.717) is 71.2 Å². The maximum absolute atomic E-state index is 14.9. The van der Waals surface area contributed by atoms with E-state index in [1.807, 2.05) is 34.6 Å². The Morgan fingerprint density at radius 3 is 2.62 bits per heavy atom. The van der Waals surface area contributed by atoms with Crippen molar-refractivity contribution in [2.75, 3.05) is 37.5 Å². The summed E-state index contributed by atoms with van der Waals surface area (Å²) >= 11 is 0. The zero-order chi connectivity index (χ0) is 33.1. The average Bonchev–Trinajstić information content (AvgIpc) is 3.79. The van der Waals surface area contributed by atoms with Crippen molar-refractivity contribution in [3.63, 3.8) is 0 Å². The van der Waals surface area contributed by atoms with Gasteiger partial charge in [-0.3, -0.25) is 4.79 Å². The summed E-state index contributed by atoms with van der Waals surface area (Å²) in [5, 5.41) is 8.70. The van der Waals surface area contributed by atoms with Crippen molar-refractivity contribution in [1.82, 2.24) is 44.2 Å². The van der Waals surface area contributed by atoms with Gasteiger partial charge in [0.25, 0.3) is 5.95 Å². The lowest BCUT2D eigenvalue weighted by Gasteiger charge is -2.31. The number of methoxy groups -OCH3 is 1. The summed E-state index contributed by atoms with van der Waals surface area (Å²) < 4.78 is 37.9. The Bertz CT molecular complexity index is 2180. The molecule has 0 unspecified atom stereocenters. The number of halogens is 2. The average molecular weight is 652 g/mol. The number of aryl methyl sites for hydroxylation is 1. The smallest absolute Gasteiger partial charge is 0.251 e. The van der Waals surface area contributed by atoms with Gasteiger partial charge in [0.05, 0.1) is 58.9 Å². The van der Waals surface area contributed by atoms with E-state index < -0.39 is 23.8 Å². The molecule has 0 saturated carbocycles. The van der Waals surface area contributed by atoms with Gasteiger partial charge in [-0.1, -0.05) is 6.07 Å². The van der Waals surface area contributed by atoms with Crippen LogP contribution in [0.4, 0.5) is 20.4 Å². The number of amides is 1. The van der Waals surface area contributed by atoms with Crippen molar-refractivity contribution >= 4 is 39.5 Å². The lowest BCUT2D eigenvalue weighted by Crippen LogP contribution is -2.47. The number of likely N-dealkylation sites (N-methyl/N-ethyl adjacent to an activating group) is 1. The number of imidazole rings is 1. The van der Waals surface area contributed by atoms with Crippen LogP contribution in [0.1, 0.15) is 12.2 Å². The van der Waals surface area contributed by atoms with Gasteiger partial charge in [-0.05, 0) is 37.6 Å². The quantitative estimate of drug-likeness (QED) is 0.302. The molecule has 1 amide bonds. The summed E-state index contributed by atoms with van der Waals surface area (Å²) in [5.74, 6) is 1.02. The van der Waals surface area contributed by atoms with E-state index in [2.05, 4.69) is 25.4 Å². The normalized spacial score (nSPS) is 19.9. The second-order valence-electron chi connectivity index (χ2n) is 12.1. The van der Waals surface area contributed by atoms with Crippen LogP contribution in [0.25, 0.3) is 39.1 Å². The molecule has 2 aliphatic heterocycles. The molecule has 15 heteroatoms. The molecule has 8 rings (SSSR count). The molecule has 1 saturated heterocycles. The fourth-order valence-electron chi connectivity index (χ4n) is 6.85. The van der Waals surface area contributed by atoms with Crippen LogP contribution in [0.15, 0.2) is 61.2 Å². The van der Waals surface area contributed by atoms with Gasteiger partial charge in [-0.2, -0.15) is 9.78 Å². The largest absolute Gasteiger partial charge is 0.378 e. The Morgan fingerprint density at radius 2 is 1.81 bits per heavy atom. The SMILES string of the molecule is CO[C@H]1CN(C)C(=O)[C@@H]2C[C@@H](CN2c2nccc3c2cnn3-c2ncc(F)cn2)Nc2cccc(n2)-c2cc(F)cc3nc(C)n(c23)C1. The Morgan fingerprint density at radius 1 is 0.979 bits per heavy atom. The molecule has 1 fully saturated rings. The number of carbonyl (C=O) groups excluding carboxylic acids is 1. The van der Waals surface area contributed by atoms with Crippen LogP contribution >= 0.6 is 0 Å². The van der Waals surface area contributed by atoms with Gasteiger partial charge >= 0.3 is 0 Å². The van der Waals surface area contributed by atoms with Crippen molar-refractivity contribution < 1.29 is 18.3 Å². The number of rotatable bonds is 3. The molecule has 6 aromatic rings. The minimum absolute atomic E-state index is 0.0963. The van der Waals surface area contributed by atoms with E-state index in [1.165, 1.54) is 16.8 Å². The van der Waals surface area contributed by atoms with Gasteiger partial charge in [0.2, 0.25) is 5.91 Å². The molecule has 1 N–H and O–H groups in total. The number of anilines is 2. The van der Waals surface area contributed by atoms with E-state index in [4.69, 9.17) is 14.7 Å². The maximum Gasteiger partial charge on any atom is 0.251 e. The molecule has 5 aromatic heterocycles. The summed E-state index contributed by atoms with van der Waals surface area (Å²) in [6.45, 7) is 2.99. The highest BCUT2D eigenvalue weighted by atomic mass is 19.1. The summed E-state index contributed by atoms with van der Waals surface area (Å²) in [6, 6.07) is 9.52. The van der Waals surface area contributed by atoms with Gasteiger partial charge in [0.1, 0.15) is 29.3 Å². The molecule has 0 aliphatic carbocycles. The fourth-order valence-corrected chi connectivity index (χ4v) is 6.85. The summed E-state index contributed by atoms with van der Waals surface area (Å²) in [6.07, 6.45) is 5.54. The number of aromatic nitrogens is 8. The van der Waals surface area contributed by atoms with Gasteiger partial charge < -0.3 is 24.4 Å². The molecule has 3 atom stereocenters. The van der Waals surface area contributed by atoms with E-state index in [-0.39, 0.29) is 17.9 Å². The van der Waals surface area contributed by atoms with Crippen LogP contribution in [0.2, 0.25) is 0 Å². The summed E-state index contributed by atoms with van der Waals surface area (Å²) in [5.41, 5.74) is 3.15. The lowest BCUT2D eigenvalue weighted by atomic mass is 10.1. The number of nitrogens with zero attached hydrogens (tertiary/aromatic N) is 10. The van der Waals surface area contributed by atoms with Crippen LogP contribution in [-0.2, 0) is 16.1 Å². The van der Waals surface area contributed by atoms with Gasteiger partial charge in [0.15, 0.2) is 5.82 Å². The first kappa shape index (κ1) is 29.8. The highest BCUT2D eigenvalue weighted by Gasteiger charge is 2.40. The number of hydrogen-bond donors (Lipinski definition) is 1. The third-order valence-electron chi connectivity index (χ3n) is 9.08. The van der Waals surface area contributed by atoms with Crippen molar-refractivity contribution in [1.29, 1.82) is 0 Å². The number of nitrogens with one attached hydrogen (secondary N) is 1. The number of benzene rings is 1. The zero-order valence-electron chi connectivity index (χ0n) is 26.4. The van der Waals surface area contributed by atoms with E-state index in [0.717, 1.165) is 17.9 Å². The first-order chi connectivity index (χ1) is 23.3. The number of carbonyl (C=O) groups is 1. The van der Waals surface area contributed by atoms with Gasteiger partial charge in [-0.15, -0.1) is 0 Å². The third-order valence-corrected chi connectivity index (χ3v) is 9.08. The molecule has 48 heavy (non-hydrogen) atoms. The summed E-state index contributed by atoms with van der Waals surface area (Å²) in [7, 11) is 3.39. The highest BCUT2D eigenvalue weighted by Crippen LogP contribution is 2.35. The number of hydrogen-bond acceptors (Lipinski definition) is 10. The van der Waals surface area contributed by atoms with Gasteiger partial charge in [-0.25, -0.2) is 33.7 Å². The zero-order valence-corrected chi connectivity index (χ0v) is 26.4. The predicted molar refractivity (Wildman–Crippen MR) is 174 cm³/mol. The lowest BCUT2D eigenvalue weighted by molar-refractivity contribution is -0.132. The molecule has 2 aliphatic rings. The first-order valence-corrected chi connectivity index (χ1v) is 15.5. The predicted octanol–water partition coefficient (Wildman–Crippen LogP) is 3.76. The summed E-state index contributed by atoms with van der Waals surface area (Å²) in [4.78, 5) is 40.4. The van der Waals surface area contributed by atoms with Crippen LogP contribution in [0.5, 0.6) is 0 Å². The molecule has 0 radical (unpaired) electrons. The Kier molecular flexibility index (Phi) is 7.20. The molecule has 4 bridgehead atoms. The van der Waals surface area contributed by atoms with Crippen molar-refractivity contribution in [3.8, 4) is 17.2 Å². The van der Waals surface area contributed by atoms with Crippen LogP contribution in [0, 0.1) is 18.6 Å². The monoisotopic (exact) mass is 651 g/mol. The minimum Gasteiger partial charge on any atom is -0.378 e. The topological polar surface area (TPSA) is 132 Å². The maximum atomic E-state index is 14.9. The number of pyridine rings is 2. The van der Waals surface area contributed by atoms with Crippen molar-refractivity contribution in [2.45, 2.75) is 38.1 Å². The van der Waals surface area contributed by atoms with Crippen LogP contribution < -0.4 is 10.2 Å². The number of ether oxygens (including phenoxy) is 1. The standard InChI is InChI=1S/C33H31F2N11O2/c1-18-40-26-10-19(34)9-23-25-5-4-6-29(42-25)41-21-11-28(32(47)43(2)16-22(48-3)17-44(18)30(23)26)45(15-21)31-24-14-39-46(27(24)7-8-36-31)33-37-12-20(35)13-38-33/h4-10,12-14,21-22,28H,11,15-17H2,1-3H3,(H,41,42)/t21-,22-,28-/m0/s1. The Labute approximate surface area is 273 Å². The van der Waals surface area contributed by atoms with Gasteiger partial charge in [0, 0.05) is 51.1 Å². The molecular formula is C33H31F2N11O2. The van der Waals surface area contributed by atoms with E-state index >= 15 is 0 Å². The third kappa shape index (κ3) is 5.06. The van der Waals surface area contributed by atoms with Crippen molar-refractivity contribution in [2.24, 2.45) is 0 Å². The first-order valence-electron chi connectivity index (χ1n) is 15.5. The highest BCUT2D eigenvalue weighted by molar-refractivity contribution is 5.94. The molecule has 13 nitrogen and oxygen atoms in total. The second kappa shape index (κ2) is 11.6. The number of fused-ring (bicyclic) bond motifs is 6. The van der Waals surface area contributed by atoms with Crippen molar-refractivity contribution in [3.05, 3.63) is 78.6 Å². The Balaban J connectivity index is 1.22.